The highest BCUT2D eigenvalue weighted by Crippen LogP contribution is 2.44. The minimum absolute atomic E-state index is 0.186. The Labute approximate surface area is 339 Å². The van der Waals surface area contributed by atoms with E-state index in [9.17, 15) is 44.7 Å². The first kappa shape index (κ1) is 36.5. The maximum atomic E-state index is 13.8. The summed E-state index contributed by atoms with van der Waals surface area (Å²) in [6, 6.07) is 47.4. The van der Waals surface area contributed by atoms with Gasteiger partial charge < -0.3 is 9.13 Å². The molecule has 278 valence electrons. The Morgan fingerprint density at radius 2 is 0.783 bits per heavy atom. The largest absolute Gasteiger partial charge is 0.416 e. The van der Waals surface area contributed by atoms with Crippen molar-refractivity contribution >= 4 is 43.6 Å². The van der Waals surface area contributed by atoms with E-state index < -0.39 is 11.7 Å². The second kappa shape index (κ2) is 13.8. The summed E-state index contributed by atoms with van der Waals surface area (Å²) in [5.74, 6) is 0. The van der Waals surface area contributed by atoms with Gasteiger partial charge in [-0.15, -0.1) is 0 Å². The normalized spacial score (nSPS) is 11.2. The topological polar surface area (TPSA) is 153 Å². The monoisotopic (exact) mass is 778 g/mol. The van der Waals surface area contributed by atoms with E-state index >= 15 is 0 Å². The number of hydrogen-bond donors (Lipinski definition) is 0. The Morgan fingerprint density at radius 3 is 1.22 bits per heavy atom. The zero-order valence-corrected chi connectivity index (χ0v) is 30.8. The number of nitriles is 6. The van der Waals surface area contributed by atoms with Gasteiger partial charge in [0.25, 0.3) is 0 Å². The van der Waals surface area contributed by atoms with E-state index in [4.69, 9.17) is 0 Å². The zero-order valence-electron chi connectivity index (χ0n) is 30.8. The zero-order chi connectivity index (χ0) is 41.9. The number of nitrogens with zero attached hydrogens (tertiary/aromatic N) is 8. The third-order valence-corrected chi connectivity index (χ3v) is 10.7. The molecule has 0 amide bonds. The van der Waals surface area contributed by atoms with Crippen molar-refractivity contribution in [3.8, 4) is 70.0 Å². The SMILES string of the molecule is N#Cc1ccc(-n2c3ccc(C#N)cc3c3cc(C#N)ccc32)c(-c2ccc(-c3ccc(C(F)(F)F)cc3C#N)cc2-n2c3ccc(C#N)cc3c3cc(C#N)ccc32)c1. The van der Waals surface area contributed by atoms with E-state index in [-0.39, 0.29) is 11.1 Å². The predicted octanol–water partition coefficient (Wildman–Crippen LogP) is 11.5. The first-order chi connectivity index (χ1) is 29.1. The summed E-state index contributed by atoms with van der Waals surface area (Å²) in [6.07, 6.45) is -4.67. The Hall–Kier alpha value is -9.13. The second-order valence-corrected chi connectivity index (χ2v) is 14.0. The number of alkyl halides is 3. The number of hydrogen-bond acceptors (Lipinski definition) is 6. The van der Waals surface area contributed by atoms with Crippen LogP contribution in [0.5, 0.6) is 0 Å². The molecule has 8 nitrogen and oxygen atoms in total. The molecule has 0 atom stereocenters. The van der Waals surface area contributed by atoms with E-state index in [1.807, 2.05) is 33.4 Å². The van der Waals surface area contributed by atoms with Crippen molar-refractivity contribution < 1.29 is 13.2 Å². The molecule has 0 saturated carbocycles. The molecule has 7 aromatic carbocycles. The van der Waals surface area contributed by atoms with Crippen LogP contribution in [-0.4, -0.2) is 9.13 Å². The van der Waals surface area contributed by atoms with Crippen LogP contribution < -0.4 is 0 Å². The smallest absolute Gasteiger partial charge is 0.309 e. The van der Waals surface area contributed by atoms with Crippen LogP contribution in [-0.2, 0) is 6.18 Å². The molecule has 2 aromatic heterocycles. The van der Waals surface area contributed by atoms with Gasteiger partial charge in [-0.3, -0.25) is 0 Å². The molecule has 60 heavy (non-hydrogen) atoms. The molecule has 0 unspecified atom stereocenters. The highest BCUT2D eigenvalue weighted by molar-refractivity contribution is 6.12. The first-order valence-corrected chi connectivity index (χ1v) is 18.2. The molecule has 0 aliphatic heterocycles. The number of halogens is 3. The van der Waals surface area contributed by atoms with Crippen molar-refractivity contribution in [1.82, 2.24) is 9.13 Å². The van der Waals surface area contributed by atoms with Crippen molar-refractivity contribution in [2.24, 2.45) is 0 Å². The van der Waals surface area contributed by atoms with Crippen molar-refractivity contribution in [3.05, 3.63) is 166 Å². The van der Waals surface area contributed by atoms with Gasteiger partial charge >= 0.3 is 6.18 Å². The van der Waals surface area contributed by atoms with Crippen LogP contribution in [0.15, 0.2) is 127 Å². The van der Waals surface area contributed by atoms with Gasteiger partial charge in [-0.05, 0) is 120 Å². The van der Waals surface area contributed by atoms with Crippen LogP contribution in [0.3, 0.4) is 0 Å². The summed E-state index contributed by atoms with van der Waals surface area (Å²) in [4.78, 5) is 0. The maximum Gasteiger partial charge on any atom is 0.416 e. The predicted molar refractivity (Wildman–Crippen MR) is 219 cm³/mol. The van der Waals surface area contributed by atoms with E-state index in [0.717, 1.165) is 33.9 Å². The van der Waals surface area contributed by atoms with E-state index in [2.05, 4.69) is 30.3 Å². The standard InChI is InChI=1S/C49H21F3N8/c50-49(51,52)35-7-9-36(34(20-35)27-58)33-6-8-37(48(21-33)60-46-13-4-31(25-56)18-41(46)42-19-32(26-57)5-14-47(42)60)38-15-28(22-53)1-10-43(38)59-44-11-2-29(23-54)16-39(44)40-17-30(24-55)3-12-45(40)59/h1-21H. The lowest BCUT2D eigenvalue weighted by molar-refractivity contribution is -0.137. The number of aromatic nitrogens is 2. The lowest BCUT2D eigenvalue weighted by Gasteiger charge is -2.20. The quantitative estimate of drug-likeness (QED) is 0.173. The second-order valence-electron chi connectivity index (χ2n) is 14.0. The molecule has 0 radical (unpaired) electrons. The molecule has 0 spiro atoms. The van der Waals surface area contributed by atoms with Crippen molar-refractivity contribution in [2.75, 3.05) is 0 Å². The Morgan fingerprint density at radius 1 is 0.367 bits per heavy atom. The highest BCUT2D eigenvalue weighted by Gasteiger charge is 2.31. The third kappa shape index (κ3) is 5.72. The Bertz CT molecular complexity index is 3480. The molecular weight excluding hydrogens is 758 g/mol. The summed E-state index contributed by atoms with van der Waals surface area (Å²) >= 11 is 0. The summed E-state index contributed by atoms with van der Waals surface area (Å²) in [6.45, 7) is 0. The van der Waals surface area contributed by atoms with Crippen molar-refractivity contribution in [1.29, 1.82) is 31.6 Å². The van der Waals surface area contributed by atoms with Crippen LogP contribution in [0.4, 0.5) is 13.2 Å². The number of benzene rings is 7. The Balaban J connectivity index is 1.43. The fourth-order valence-corrected chi connectivity index (χ4v) is 8.04. The molecule has 11 heteroatoms. The molecule has 2 heterocycles. The number of rotatable bonds is 4. The summed E-state index contributed by atoms with van der Waals surface area (Å²) in [5.41, 5.74) is 6.52. The van der Waals surface area contributed by atoms with Gasteiger partial charge in [-0.1, -0.05) is 18.2 Å². The fraction of sp³-hybridized carbons (Fsp3) is 0.0204. The molecule has 9 rings (SSSR count). The van der Waals surface area contributed by atoms with Crippen LogP contribution in [0.1, 0.15) is 38.9 Å². The van der Waals surface area contributed by atoms with Crippen LogP contribution in [0.25, 0.3) is 77.2 Å². The molecule has 9 aromatic rings. The van der Waals surface area contributed by atoms with Gasteiger partial charge in [0.05, 0.1) is 109 Å². The summed E-state index contributed by atoms with van der Waals surface area (Å²) < 4.78 is 45.4. The minimum atomic E-state index is -4.67. The third-order valence-electron chi connectivity index (χ3n) is 10.7. The molecule has 0 N–H and O–H groups in total. The van der Waals surface area contributed by atoms with Crippen LogP contribution in [0, 0.1) is 68.0 Å². The van der Waals surface area contributed by atoms with Gasteiger partial charge in [-0.25, -0.2) is 0 Å². The summed E-state index contributed by atoms with van der Waals surface area (Å²) in [5, 5.41) is 62.6. The molecule has 0 fully saturated rings. The van der Waals surface area contributed by atoms with E-state index in [1.54, 1.807) is 91.0 Å². The lowest BCUT2D eigenvalue weighted by atomic mass is 9.93. The molecular formula is C49H21F3N8. The van der Waals surface area contributed by atoms with Crippen LogP contribution in [0.2, 0.25) is 0 Å². The average molecular weight is 779 g/mol. The molecule has 0 bridgehead atoms. The van der Waals surface area contributed by atoms with Crippen molar-refractivity contribution in [3.63, 3.8) is 0 Å². The van der Waals surface area contributed by atoms with E-state index in [1.165, 1.54) is 6.07 Å². The van der Waals surface area contributed by atoms with Gasteiger partial charge in [0.1, 0.15) is 0 Å². The summed E-state index contributed by atoms with van der Waals surface area (Å²) in [7, 11) is 0. The van der Waals surface area contributed by atoms with Crippen molar-refractivity contribution in [2.45, 2.75) is 6.18 Å². The Kier molecular flexibility index (Phi) is 8.40. The maximum absolute atomic E-state index is 13.8. The van der Waals surface area contributed by atoms with Crippen LogP contribution >= 0.6 is 0 Å². The van der Waals surface area contributed by atoms with E-state index in [0.29, 0.717) is 77.7 Å². The van der Waals surface area contributed by atoms with Gasteiger partial charge in [0.15, 0.2) is 0 Å². The van der Waals surface area contributed by atoms with Gasteiger partial charge in [-0.2, -0.15) is 44.7 Å². The fourth-order valence-electron chi connectivity index (χ4n) is 8.04. The number of fused-ring (bicyclic) bond motifs is 6. The molecule has 0 saturated heterocycles. The highest BCUT2D eigenvalue weighted by atomic mass is 19.4. The van der Waals surface area contributed by atoms with Gasteiger partial charge in [0.2, 0.25) is 0 Å². The lowest BCUT2D eigenvalue weighted by Crippen LogP contribution is -2.05. The average Bonchev–Trinajstić information content (AvgIpc) is 3.78. The van der Waals surface area contributed by atoms with Gasteiger partial charge in [0, 0.05) is 32.7 Å². The molecule has 0 aliphatic carbocycles. The first-order valence-electron chi connectivity index (χ1n) is 18.2. The minimum Gasteiger partial charge on any atom is -0.309 e. The molecule has 0 aliphatic rings.